The van der Waals surface area contributed by atoms with Crippen LogP contribution in [0.1, 0.15) is 33.2 Å². The summed E-state index contributed by atoms with van der Waals surface area (Å²) in [4.78, 5) is 24.4. The minimum Gasteiger partial charge on any atom is -0.494 e. The molecule has 0 aliphatic rings. The lowest BCUT2D eigenvalue weighted by atomic mass is 10.1. The molecule has 2 amide bonds. The molecule has 138 valence electrons. The van der Waals surface area contributed by atoms with E-state index < -0.39 is 11.8 Å². The van der Waals surface area contributed by atoms with Gasteiger partial charge in [-0.2, -0.15) is 0 Å². The van der Waals surface area contributed by atoms with Crippen LogP contribution in [0.4, 0.5) is 0 Å². The number of tetrazole rings is 1. The predicted octanol–water partition coefficient (Wildman–Crippen LogP) is 1.44. The molecule has 9 heteroatoms. The minimum absolute atomic E-state index is 0.399. The Balaban J connectivity index is 1.62. The van der Waals surface area contributed by atoms with Crippen LogP contribution >= 0.6 is 0 Å². The van der Waals surface area contributed by atoms with E-state index in [0.29, 0.717) is 23.5 Å². The number of ether oxygens (including phenoxy) is 1. The Morgan fingerprint density at radius 1 is 1.04 bits per heavy atom. The monoisotopic (exact) mass is 366 g/mol. The first-order valence-electron chi connectivity index (χ1n) is 8.26. The molecule has 1 aromatic heterocycles. The molecule has 0 atom stereocenters. The van der Waals surface area contributed by atoms with E-state index in [1.165, 1.54) is 11.0 Å². The van der Waals surface area contributed by atoms with E-state index >= 15 is 0 Å². The maximum atomic E-state index is 12.3. The third-order valence-electron chi connectivity index (χ3n) is 3.77. The van der Waals surface area contributed by atoms with Crippen molar-refractivity contribution in [2.45, 2.75) is 13.8 Å². The number of hydrogen-bond donors (Lipinski definition) is 2. The van der Waals surface area contributed by atoms with Gasteiger partial charge in [0.1, 0.15) is 12.1 Å². The van der Waals surface area contributed by atoms with Crippen molar-refractivity contribution in [2.75, 3.05) is 6.61 Å². The Morgan fingerprint density at radius 3 is 2.30 bits per heavy atom. The Labute approximate surface area is 155 Å². The number of hydrazine groups is 1. The van der Waals surface area contributed by atoms with Gasteiger partial charge in [0.15, 0.2) is 0 Å². The van der Waals surface area contributed by atoms with Crippen molar-refractivity contribution >= 4 is 11.8 Å². The zero-order valence-electron chi connectivity index (χ0n) is 14.8. The molecule has 0 saturated heterocycles. The van der Waals surface area contributed by atoms with E-state index in [1.807, 2.05) is 13.8 Å². The van der Waals surface area contributed by atoms with Gasteiger partial charge in [0.05, 0.1) is 12.3 Å². The van der Waals surface area contributed by atoms with E-state index in [4.69, 9.17) is 4.74 Å². The summed E-state index contributed by atoms with van der Waals surface area (Å²) in [6.07, 6.45) is 1.47. The van der Waals surface area contributed by atoms with Gasteiger partial charge in [-0.3, -0.25) is 20.4 Å². The van der Waals surface area contributed by atoms with Gasteiger partial charge < -0.3 is 4.74 Å². The molecule has 3 aromatic rings. The molecular formula is C18H18N6O3. The highest BCUT2D eigenvalue weighted by molar-refractivity contribution is 5.99. The summed E-state index contributed by atoms with van der Waals surface area (Å²) < 4.78 is 6.83. The Morgan fingerprint density at radius 2 is 1.70 bits per heavy atom. The quantitative estimate of drug-likeness (QED) is 0.661. The number of benzene rings is 2. The molecule has 0 fully saturated rings. The third kappa shape index (κ3) is 4.27. The highest BCUT2D eigenvalue weighted by Crippen LogP contribution is 2.14. The second kappa shape index (κ2) is 8.09. The van der Waals surface area contributed by atoms with Crippen molar-refractivity contribution in [3.63, 3.8) is 0 Å². The lowest BCUT2D eigenvalue weighted by Gasteiger charge is -2.10. The largest absolute Gasteiger partial charge is 0.494 e. The van der Waals surface area contributed by atoms with Gasteiger partial charge in [0.25, 0.3) is 11.8 Å². The van der Waals surface area contributed by atoms with Gasteiger partial charge in [-0.15, -0.1) is 5.10 Å². The number of nitrogens with one attached hydrogen (secondary N) is 2. The molecule has 2 aromatic carbocycles. The fourth-order valence-corrected chi connectivity index (χ4v) is 2.45. The SMILES string of the molecule is CCOc1ccc(C(=O)NNC(=O)c2ccc(-n3cnnn3)c(C)c2)cc1. The van der Waals surface area contributed by atoms with Gasteiger partial charge in [0, 0.05) is 11.1 Å². The first kappa shape index (κ1) is 18.1. The lowest BCUT2D eigenvalue weighted by Crippen LogP contribution is -2.41. The molecular weight excluding hydrogens is 348 g/mol. The summed E-state index contributed by atoms with van der Waals surface area (Å²) in [5.74, 6) is -0.176. The molecule has 0 aliphatic carbocycles. The highest BCUT2D eigenvalue weighted by Gasteiger charge is 2.11. The third-order valence-corrected chi connectivity index (χ3v) is 3.77. The van der Waals surface area contributed by atoms with Crippen LogP contribution < -0.4 is 15.6 Å². The van der Waals surface area contributed by atoms with E-state index in [1.54, 1.807) is 42.5 Å². The number of nitrogens with zero attached hydrogens (tertiary/aromatic N) is 4. The number of carbonyl (C=O) groups is 2. The maximum absolute atomic E-state index is 12.3. The van der Waals surface area contributed by atoms with Crippen LogP contribution in [0.3, 0.4) is 0 Å². The van der Waals surface area contributed by atoms with Crippen molar-refractivity contribution in [1.29, 1.82) is 0 Å². The lowest BCUT2D eigenvalue weighted by molar-refractivity contribution is 0.0846. The van der Waals surface area contributed by atoms with Crippen molar-refractivity contribution in [3.8, 4) is 11.4 Å². The smallest absolute Gasteiger partial charge is 0.269 e. The van der Waals surface area contributed by atoms with E-state index in [2.05, 4.69) is 26.4 Å². The standard InChI is InChI=1S/C18H18N6O3/c1-3-27-15-7-4-13(5-8-15)17(25)20-21-18(26)14-6-9-16(12(2)10-14)24-11-19-22-23-24/h4-11H,3H2,1-2H3,(H,20,25)(H,21,26). The number of amides is 2. The molecule has 0 saturated carbocycles. The van der Waals surface area contributed by atoms with E-state index in [9.17, 15) is 9.59 Å². The molecule has 3 rings (SSSR count). The topological polar surface area (TPSA) is 111 Å². The summed E-state index contributed by atoms with van der Waals surface area (Å²) in [6.45, 7) is 4.27. The minimum atomic E-state index is -0.430. The zero-order valence-corrected chi connectivity index (χ0v) is 14.8. The average molecular weight is 366 g/mol. The summed E-state index contributed by atoms with van der Waals surface area (Å²) in [6, 6.07) is 11.7. The Bertz CT molecular complexity index is 938. The summed E-state index contributed by atoms with van der Waals surface area (Å²) in [5.41, 5.74) is 7.17. The molecule has 0 radical (unpaired) electrons. The number of aryl methyl sites for hydroxylation is 1. The molecule has 27 heavy (non-hydrogen) atoms. The Kier molecular flexibility index (Phi) is 5.41. The van der Waals surface area contributed by atoms with Crippen LogP contribution in [0.2, 0.25) is 0 Å². The molecule has 2 N–H and O–H groups in total. The number of aromatic nitrogens is 4. The summed E-state index contributed by atoms with van der Waals surface area (Å²) >= 11 is 0. The van der Waals surface area contributed by atoms with Gasteiger partial charge in [0.2, 0.25) is 0 Å². The predicted molar refractivity (Wildman–Crippen MR) is 96.4 cm³/mol. The molecule has 0 bridgehead atoms. The van der Waals surface area contributed by atoms with Crippen molar-refractivity contribution in [1.82, 2.24) is 31.1 Å². The van der Waals surface area contributed by atoms with Crippen LogP contribution in [0.5, 0.6) is 5.75 Å². The fourth-order valence-electron chi connectivity index (χ4n) is 2.45. The molecule has 9 nitrogen and oxygen atoms in total. The van der Waals surface area contributed by atoms with Crippen LogP contribution in [0.15, 0.2) is 48.8 Å². The number of rotatable bonds is 5. The Hall–Kier alpha value is -3.75. The number of carbonyl (C=O) groups excluding carboxylic acids is 2. The van der Waals surface area contributed by atoms with E-state index in [0.717, 1.165) is 11.3 Å². The van der Waals surface area contributed by atoms with Crippen LogP contribution in [-0.2, 0) is 0 Å². The normalized spacial score (nSPS) is 10.3. The molecule has 1 heterocycles. The first-order valence-corrected chi connectivity index (χ1v) is 8.26. The van der Waals surface area contributed by atoms with Crippen LogP contribution in [0.25, 0.3) is 5.69 Å². The first-order chi connectivity index (χ1) is 13.1. The zero-order chi connectivity index (χ0) is 19.2. The molecule has 0 spiro atoms. The second-order valence-corrected chi connectivity index (χ2v) is 5.62. The van der Waals surface area contributed by atoms with Gasteiger partial charge >= 0.3 is 0 Å². The molecule has 0 aliphatic heterocycles. The second-order valence-electron chi connectivity index (χ2n) is 5.62. The van der Waals surface area contributed by atoms with Crippen molar-refractivity contribution in [3.05, 3.63) is 65.5 Å². The fraction of sp³-hybridized carbons (Fsp3) is 0.167. The van der Waals surface area contributed by atoms with Crippen molar-refractivity contribution in [2.24, 2.45) is 0 Å². The number of hydrogen-bond acceptors (Lipinski definition) is 6. The van der Waals surface area contributed by atoms with Crippen LogP contribution in [-0.4, -0.2) is 38.6 Å². The van der Waals surface area contributed by atoms with Gasteiger partial charge in [-0.1, -0.05) is 0 Å². The average Bonchev–Trinajstić information content (AvgIpc) is 3.21. The van der Waals surface area contributed by atoms with Gasteiger partial charge in [-0.25, -0.2) is 4.68 Å². The van der Waals surface area contributed by atoms with E-state index in [-0.39, 0.29) is 0 Å². The molecule has 0 unspecified atom stereocenters. The maximum Gasteiger partial charge on any atom is 0.269 e. The van der Waals surface area contributed by atoms with Crippen molar-refractivity contribution < 1.29 is 14.3 Å². The summed E-state index contributed by atoms with van der Waals surface area (Å²) in [7, 11) is 0. The highest BCUT2D eigenvalue weighted by atomic mass is 16.5. The van der Waals surface area contributed by atoms with Crippen LogP contribution in [0, 0.1) is 6.92 Å². The van der Waals surface area contributed by atoms with Gasteiger partial charge in [-0.05, 0) is 72.3 Å². The summed E-state index contributed by atoms with van der Waals surface area (Å²) in [5, 5.41) is 11.0.